The molecule has 27 heavy (non-hydrogen) atoms. The smallest absolute Gasteiger partial charge is 0.319 e. The molecular formula is C21H29N3O2S. The summed E-state index contributed by atoms with van der Waals surface area (Å²) in [6.45, 7) is 12.0. The third kappa shape index (κ3) is 4.82. The number of nitrogens with one attached hydrogen (secondary N) is 2. The molecule has 1 aliphatic rings. The van der Waals surface area contributed by atoms with Crippen LogP contribution in [0.3, 0.4) is 0 Å². The standard InChI is InChI=1S/C21H29N3O2S/c1-13-11-24(12-14(2)26-13)20-9-7-6-8-19(20)23-21(25)22-16(4)18-10-15(3)27-17(18)5/h6-10,13-14,16H,11-12H2,1-5H3,(H2,22,23,25)/t13-,14+,16-/m0/s1. The maximum atomic E-state index is 12.6. The number of nitrogens with zero attached hydrogens (tertiary/aromatic N) is 1. The van der Waals surface area contributed by atoms with Gasteiger partial charge < -0.3 is 20.3 Å². The van der Waals surface area contributed by atoms with Crippen LogP contribution in [0.5, 0.6) is 0 Å². The number of hydrogen-bond donors (Lipinski definition) is 2. The monoisotopic (exact) mass is 387 g/mol. The molecule has 2 N–H and O–H groups in total. The second-order valence-corrected chi connectivity index (χ2v) is 8.83. The number of ether oxygens (including phenoxy) is 1. The summed E-state index contributed by atoms with van der Waals surface area (Å²) in [5.41, 5.74) is 3.03. The second kappa shape index (κ2) is 8.31. The van der Waals surface area contributed by atoms with E-state index in [1.165, 1.54) is 15.3 Å². The Balaban J connectivity index is 1.70. The summed E-state index contributed by atoms with van der Waals surface area (Å²) in [6.07, 6.45) is 0.334. The van der Waals surface area contributed by atoms with E-state index in [0.29, 0.717) is 0 Å². The molecule has 1 fully saturated rings. The number of para-hydroxylation sites is 2. The lowest BCUT2D eigenvalue weighted by atomic mass is 10.1. The molecule has 3 rings (SSSR count). The van der Waals surface area contributed by atoms with E-state index in [0.717, 1.165) is 24.5 Å². The number of benzene rings is 1. The minimum absolute atomic E-state index is 0.0365. The maximum absolute atomic E-state index is 12.6. The van der Waals surface area contributed by atoms with Crippen molar-refractivity contribution in [3.8, 4) is 0 Å². The minimum Gasteiger partial charge on any atom is -0.372 e. The lowest BCUT2D eigenvalue weighted by molar-refractivity contribution is -0.00517. The summed E-state index contributed by atoms with van der Waals surface area (Å²) in [4.78, 5) is 17.4. The number of hydrogen-bond acceptors (Lipinski definition) is 4. The number of urea groups is 1. The number of amides is 2. The summed E-state index contributed by atoms with van der Waals surface area (Å²) < 4.78 is 5.83. The highest BCUT2D eigenvalue weighted by atomic mass is 32.1. The second-order valence-electron chi connectivity index (χ2n) is 7.37. The van der Waals surface area contributed by atoms with E-state index in [1.807, 2.05) is 25.1 Å². The summed E-state index contributed by atoms with van der Waals surface area (Å²) in [5, 5.41) is 6.10. The SMILES string of the molecule is Cc1cc([C@H](C)NC(=O)Nc2ccccc2N2C[C@@H](C)O[C@@H](C)C2)c(C)s1. The van der Waals surface area contributed by atoms with Crippen molar-refractivity contribution in [3.05, 3.63) is 45.6 Å². The van der Waals surface area contributed by atoms with Crippen LogP contribution in [0, 0.1) is 13.8 Å². The van der Waals surface area contributed by atoms with Gasteiger partial charge in [0.1, 0.15) is 0 Å². The topological polar surface area (TPSA) is 53.6 Å². The molecule has 0 aliphatic carbocycles. The van der Waals surface area contributed by atoms with Crippen LogP contribution in [-0.4, -0.2) is 31.3 Å². The highest BCUT2D eigenvalue weighted by Crippen LogP contribution is 2.29. The molecule has 0 bridgehead atoms. The van der Waals surface area contributed by atoms with Crippen molar-refractivity contribution in [1.29, 1.82) is 0 Å². The average Bonchev–Trinajstić information content (AvgIpc) is 2.93. The third-order valence-corrected chi connectivity index (χ3v) is 5.79. The Kier molecular flexibility index (Phi) is 6.07. The third-order valence-electron chi connectivity index (χ3n) is 4.81. The van der Waals surface area contributed by atoms with Gasteiger partial charge in [0.05, 0.1) is 29.6 Å². The van der Waals surface area contributed by atoms with E-state index in [1.54, 1.807) is 11.3 Å². The molecule has 1 aliphatic heterocycles. The van der Waals surface area contributed by atoms with Gasteiger partial charge >= 0.3 is 6.03 Å². The number of carbonyl (C=O) groups is 1. The first-order valence-corrected chi connectivity index (χ1v) is 10.3. The number of morpholine rings is 1. The van der Waals surface area contributed by atoms with Crippen LogP contribution in [0.15, 0.2) is 30.3 Å². The van der Waals surface area contributed by atoms with E-state index in [-0.39, 0.29) is 24.3 Å². The highest BCUT2D eigenvalue weighted by molar-refractivity contribution is 7.12. The Hall–Kier alpha value is -2.05. The molecule has 146 valence electrons. The Morgan fingerprint density at radius 3 is 2.52 bits per heavy atom. The van der Waals surface area contributed by atoms with E-state index in [9.17, 15) is 4.79 Å². The van der Waals surface area contributed by atoms with Gasteiger partial charge in [-0.3, -0.25) is 0 Å². The first-order valence-electron chi connectivity index (χ1n) is 9.47. The van der Waals surface area contributed by atoms with E-state index >= 15 is 0 Å². The van der Waals surface area contributed by atoms with Crippen LogP contribution in [0.25, 0.3) is 0 Å². The fourth-order valence-corrected chi connectivity index (χ4v) is 4.77. The first kappa shape index (κ1) is 19.7. The number of aryl methyl sites for hydroxylation is 2. The lowest BCUT2D eigenvalue weighted by Gasteiger charge is -2.37. The Labute approximate surface area is 165 Å². The Morgan fingerprint density at radius 1 is 1.22 bits per heavy atom. The fourth-order valence-electron chi connectivity index (χ4n) is 3.74. The van der Waals surface area contributed by atoms with Gasteiger partial charge in [0, 0.05) is 22.8 Å². The quantitative estimate of drug-likeness (QED) is 0.788. The summed E-state index contributed by atoms with van der Waals surface area (Å²) >= 11 is 1.76. The predicted molar refractivity (Wildman–Crippen MR) is 113 cm³/mol. The maximum Gasteiger partial charge on any atom is 0.319 e. The molecule has 1 aromatic carbocycles. The van der Waals surface area contributed by atoms with Gasteiger partial charge in [-0.2, -0.15) is 0 Å². The Morgan fingerprint density at radius 2 is 1.89 bits per heavy atom. The molecular weight excluding hydrogens is 358 g/mol. The normalized spacial score (nSPS) is 21.0. The van der Waals surface area contributed by atoms with Crippen molar-refractivity contribution in [2.75, 3.05) is 23.3 Å². The number of rotatable bonds is 4. The number of anilines is 2. The molecule has 0 saturated carbocycles. The summed E-state index contributed by atoms with van der Waals surface area (Å²) in [5.74, 6) is 0. The van der Waals surface area contributed by atoms with Crippen LogP contribution < -0.4 is 15.5 Å². The van der Waals surface area contributed by atoms with Gasteiger partial charge in [0.15, 0.2) is 0 Å². The zero-order chi connectivity index (χ0) is 19.6. The molecule has 0 unspecified atom stereocenters. The van der Waals surface area contributed by atoms with Crippen molar-refractivity contribution >= 4 is 28.7 Å². The number of carbonyl (C=O) groups excluding carboxylic acids is 1. The van der Waals surface area contributed by atoms with Gasteiger partial charge in [-0.05, 0) is 58.4 Å². The molecule has 1 aromatic heterocycles. The highest BCUT2D eigenvalue weighted by Gasteiger charge is 2.24. The molecule has 3 atom stereocenters. The molecule has 2 amide bonds. The fraction of sp³-hybridized carbons (Fsp3) is 0.476. The largest absolute Gasteiger partial charge is 0.372 e. The zero-order valence-corrected chi connectivity index (χ0v) is 17.5. The average molecular weight is 388 g/mol. The van der Waals surface area contributed by atoms with Crippen LogP contribution in [0.1, 0.15) is 42.1 Å². The van der Waals surface area contributed by atoms with Crippen LogP contribution in [0.4, 0.5) is 16.2 Å². The van der Waals surface area contributed by atoms with E-state index in [2.05, 4.69) is 55.4 Å². The van der Waals surface area contributed by atoms with Crippen molar-refractivity contribution in [1.82, 2.24) is 5.32 Å². The van der Waals surface area contributed by atoms with Crippen molar-refractivity contribution in [2.24, 2.45) is 0 Å². The summed E-state index contributed by atoms with van der Waals surface area (Å²) in [7, 11) is 0. The summed E-state index contributed by atoms with van der Waals surface area (Å²) in [6, 6.07) is 9.87. The molecule has 1 saturated heterocycles. The first-order chi connectivity index (χ1) is 12.8. The van der Waals surface area contributed by atoms with Crippen molar-refractivity contribution in [3.63, 3.8) is 0 Å². The molecule has 2 heterocycles. The van der Waals surface area contributed by atoms with Gasteiger partial charge in [-0.15, -0.1) is 11.3 Å². The van der Waals surface area contributed by atoms with E-state index < -0.39 is 0 Å². The molecule has 2 aromatic rings. The van der Waals surface area contributed by atoms with Gasteiger partial charge in [-0.25, -0.2) is 4.79 Å². The predicted octanol–water partition coefficient (Wildman–Crippen LogP) is 4.86. The van der Waals surface area contributed by atoms with Gasteiger partial charge in [-0.1, -0.05) is 12.1 Å². The Bertz CT molecular complexity index is 794. The van der Waals surface area contributed by atoms with E-state index in [4.69, 9.17) is 4.74 Å². The van der Waals surface area contributed by atoms with Crippen LogP contribution in [0.2, 0.25) is 0 Å². The van der Waals surface area contributed by atoms with Crippen LogP contribution in [-0.2, 0) is 4.74 Å². The zero-order valence-electron chi connectivity index (χ0n) is 16.7. The van der Waals surface area contributed by atoms with Gasteiger partial charge in [0.2, 0.25) is 0 Å². The van der Waals surface area contributed by atoms with Gasteiger partial charge in [0.25, 0.3) is 0 Å². The molecule has 0 spiro atoms. The number of thiophene rings is 1. The molecule has 6 heteroatoms. The van der Waals surface area contributed by atoms with Crippen molar-refractivity contribution < 1.29 is 9.53 Å². The van der Waals surface area contributed by atoms with Crippen LogP contribution >= 0.6 is 11.3 Å². The lowest BCUT2D eigenvalue weighted by Crippen LogP contribution is -2.45. The molecule has 5 nitrogen and oxygen atoms in total. The van der Waals surface area contributed by atoms with Crippen molar-refractivity contribution in [2.45, 2.75) is 52.9 Å². The minimum atomic E-state index is -0.187. The molecule has 0 radical (unpaired) electrons.